The van der Waals surface area contributed by atoms with Gasteiger partial charge in [-0.05, 0) is 35.7 Å². The predicted molar refractivity (Wildman–Crippen MR) is 60.5 cm³/mol. The van der Waals surface area contributed by atoms with Crippen LogP contribution >= 0.6 is 11.8 Å². The van der Waals surface area contributed by atoms with Gasteiger partial charge in [0.2, 0.25) is 0 Å². The van der Waals surface area contributed by atoms with Crippen LogP contribution in [-0.4, -0.2) is 16.7 Å². The second kappa shape index (κ2) is 3.49. The summed E-state index contributed by atoms with van der Waals surface area (Å²) in [6.07, 6.45) is 1.01. The van der Waals surface area contributed by atoms with E-state index in [9.17, 15) is 9.90 Å². The number of fused-ring (bicyclic) bond motifs is 2. The van der Waals surface area contributed by atoms with Crippen molar-refractivity contribution in [3.63, 3.8) is 0 Å². The van der Waals surface area contributed by atoms with Crippen molar-refractivity contribution >= 4 is 28.6 Å². The number of benzene rings is 1. The molecule has 0 saturated carbocycles. The minimum atomic E-state index is -1.14. The molecule has 0 aliphatic carbocycles. The first-order chi connectivity index (χ1) is 7.74. The van der Waals surface area contributed by atoms with Crippen LogP contribution < -0.4 is 5.11 Å². The van der Waals surface area contributed by atoms with Gasteiger partial charge in [0.05, 0.1) is 16.5 Å². The molecule has 1 aliphatic rings. The molecule has 0 amide bonds. The Morgan fingerprint density at radius 3 is 3.06 bits per heavy atom. The number of rotatable bonds is 1. The number of carboxylic acids is 1. The Kier molecular flexibility index (Phi) is 2.11. The maximum atomic E-state index is 10.7. The Labute approximate surface area is 96.5 Å². The number of nitrogens with zero attached hydrogens (tertiary/aromatic N) is 1. The fourth-order valence-electron chi connectivity index (χ4n) is 1.89. The maximum absolute atomic E-state index is 10.7. The summed E-state index contributed by atoms with van der Waals surface area (Å²) >= 11 is 1.75. The fraction of sp³-hybridized carbons (Fsp3) is 0.167. The van der Waals surface area contributed by atoms with E-state index in [0.717, 1.165) is 28.1 Å². The average Bonchev–Trinajstić information content (AvgIpc) is 2.71. The van der Waals surface area contributed by atoms with Crippen molar-refractivity contribution in [3.05, 3.63) is 35.4 Å². The number of carboxylic acid groups (broad SMARTS) is 1. The zero-order valence-corrected chi connectivity index (χ0v) is 9.21. The van der Waals surface area contributed by atoms with Gasteiger partial charge in [-0.2, -0.15) is 0 Å². The smallest absolute Gasteiger partial charge is 0.1000 e. The summed E-state index contributed by atoms with van der Waals surface area (Å²) in [4.78, 5) is 15.2. The molecule has 0 radical (unpaired) electrons. The van der Waals surface area contributed by atoms with E-state index in [0.29, 0.717) is 0 Å². The number of carbonyl (C=O) groups is 1. The van der Waals surface area contributed by atoms with Crippen molar-refractivity contribution in [2.24, 2.45) is 0 Å². The zero-order valence-electron chi connectivity index (χ0n) is 8.40. The van der Waals surface area contributed by atoms with Crippen molar-refractivity contribution in [3.8, 4) is 0 Å². The van der Waals surface area contributed by atoms with Crippen molar-refractivity contribution in [2.45, 2.75) is 11.4 Å². The highest BCUT2D eigenvalue weighted by Crippen LogP contribution is 2.31. The molecule has 0 bridgehead atoms. The number of hydrogen-bond donors (Lipinski definition) is 0. The van der Waals surface area contributed by atoms with Crippen molar-refractivity contribution in [1.82, 2.24) is 4.98 Å². The first-order valence-electron chi connectivity index (χ1n) is 5.02. The third kappa shape index (κ3) is 1.46. The first-order valence-corrected chi connectivity index (χ1v) is 6.00. The monoisotopic (exact) mass is 230 g/mol. The molecular weight excluding hydrogens is 222 g/mol. The van der Waals surface area contributed by atoms with Crippen LogP contribution in [-0.2, 0) is 6.42 Å². The second-order valence-corrected chi connectivity index (χ2v) is 4.83. The lowest BCUT2D eigenvalue weighted by atomic mass is 10.1. The summed E-state index contributed by atoms with van der Waals surface area (Å²) in [6, 6.07) is 6.93. The minimum absolute atomic E-state index is 0.208. The second-order valence-electron chi connectivity index (χ2n) is 3.75. The van der Waals surface area contributed by atoms with Crippen LogP contribution in [0, 0.1) is 0 Å². The van der Waals surface area contributed by atoms with Gasteiger partial charge >= 0.3 is 0 Å². The third-order valence-electron chi connectivity index (χ3n) is 2.70. The van der Waals surface area contributed by atoms with Gasteiger partial charge in [0.15, 0.2) is 0 Å². The lowest BCUT2D eigenvalue weighted by Crippen LogP contribution is -2.22. The van der Waals surface area contributed by atoms with Crippen molar-refractivity contribution < 1.29 is 9.90 Å². The van der Waals surface area contributed by atoms with E-state index < -0.39 is 5.97 Å². The Balaban J connectivity index is 2.24. The van der Waals surface area contributed by atoms with Crippen LogP contribution in [0.15, 0.2) is 29.3 Å². The van der Waals surface area contributed by atoms with Crippen LogP contribution in [0.1, 0.15) is 15.9 Å². The van der Waals surface area contributed by atoms with E-state index in [-0.39, 0.29) is 5.56 Å². The van der Waals surface area contributed by atoms with Crippen molar-refractivity contribution in [1.29, 1.82) is 0 Å². The maximum Gasteiger partial charge on any atom is 0.1000 e. The number of aromatic carboxylic acids is 1. The highest BCUT2D eigenvalue weighted by molar-refractivity contribution is 7.99. The lowest BCUT2D eigenvalue weighted by molar-refractivity contribution is -0.255. The molecule has 0 N–H and O–H groups in total. The van der Waals surface area contributed by atoms with Gasteiger partial charge in [-0.25, -0.2) is 4.98 Å². The molecule has 1 aromatic heterocycles. The molecule has 0 spiro atoms. The molecule has 4 heteroatoms. The van der Waals surface area contributed by atoms with Gasteiger partial charge < -0.3 is 9.90 Å². The first kappa shape index (κ1) is 9.66. The summed E-state index contributed by atoms with van der Waals surface area (Å²) in [5.41, 5.74) is 2.27. The number of aryl methyl sites for hydroxylation is 1. The largest absolute Gasteiger partial charge is 0.545 e. The summed E-state index contributed by atoms with van der Waals surface area (Å²) in [5.74, 6) is -0.0804. The molecule has 3 nitrogen and oxygen atoms in total. The molecular formula is C12H8NO2S-. The van der Waals surface area contributed by atoms with Gasteiger partial charge in [-0.3, -0.25) is 0 Å². The van der Waals surface area contributed by atoms with Crippen LogP contribution in [0.5, 0.6) is 0 Å². The summed E-state index contributed by atoms with van der Waals surface area (Å²) in [5, 5.41) is 12.7. The number of carbonyl (C=O) groups excluding carboxylic acids is 1. The van der Waals surface area contributed by atoms with Gasteiger partial charge in [0.1, 0.15) is 0 Å². The molecule has 1 aromatic carbocycles. The molecule has 1 aliphatic heterocycles. The molecule has 80 valence electrons. The normalized spacial score (nSPS) is 14.0. The van der Waals surface area contributed by atoms with E-state index in [1.165, 1.54) is 11.6 Å². The number of hydrogen-bond acceptors (Lipinski definition) is 4. The van der Waals surface area contributed by atoms with Gasteiger partial charge in [0.25, 0.3) is 0 Å². The number of aromatic nitrogens is 1. The Hall–Kier alpha value is -1.55. The van der Waals surface area contributed by atoms with E-state index in [4.69, 9.17) is 0 Å². The van der Waals surface area contributed by atoms with Crippen LogP contribution in [0.2, 0.25) is 0 Å². The van der Waals surface area contributed by atoms with Crippen LogP contribution in [0.3, 0.4) is 0 Å². The van der Waals surface area contributed by atoms with Crippen molar-refractivity contribution in [2.75, 3.05) is 5.75 Å². The lowest BCUT2D eigenvalue weighted by Gasteiger charge is -2.05. The molecule has 0 fully saturated rings. The number of pyridine rings is 1. The molecule has 0 saturated heterocycles. The predicted octanol–water partition coefficient (Wildman–Crippen LogP) is 1.25. The van der Waals surface area contributed by atoms with E-state index in [1.54, 1.807) is 23.9 Å². The highest BCUT2D eigenvalue weighted by atomic mass is 32.2. The summed E-state index contributed by atoms with van der Waals surface area (Å²) in [6.45, 7) is 0. The third-order valence-corrected chi connectivity index (χ3v) is 3.74. The molecule has 2 aromatic rings. The van der Waals surface area contributed by atoms with Gasteiger partial charge in [-0.15, -0.1) is 11.8 Å². The highest BCUT2D eigenvalue weighted by Gasteiger charge is 2.13. The average molecular weight is 230 g/mol. The zero-order chi connectivity index (χ0) is 11.1. The quantitative estimate of drug-likeness (QED) is 0.739. The van der Waals surface area contributed by atoms with E-state index in [1.807, 2.05) is 6.07 Å². The summed E-state index contributed by atoms with van der Waals surface area (Å²) < 4.78 is 0. The molecule has 2 heterocycles. The Morgan fingerprint density at radius 1 is 1.38 bits per heavy atom. The van der Waals surface area contributed by atoms with Crippen LogP contribution in [0.4, 0.5) is 0 Å². The Bertz CT molecular complexity index is 595. The van der Waals surface area contributed by atoms with Crippen LogP contribution in [0.25, 0.3) is 10.9 Å². The molecule has 0 atom stereocenters. The SMILES string of the molecule is O=C([O-])c1ccc2nc3c(cc2c1)CCS3. The minimum Gasteiger partial charge on any atom is -0.545 e. The topological polar surface area (TPSA) is 53.0 Å². The molecule has 16 heavy (non-hydrogen) atoms. The standard InChI is InChI=1S/C12H9NO2S/c14-12(15)8-1-2-10-9(6-8)5-7-3-4-16-11(7)13-10/h1-2,5-6H,3-4H2,(H,14,15)/p-1. The Morgan fingerprint density at radius 2 is 2.25 bits per heavy atom. The summed E-state index contributed by atoms with van der Waals surface area (Å²) in [7, 11) is 0. The van der Waals surface area contributed by atoms with E-state index in [2.05, 4.69) is 4.98 Å². The fourth-order valence-corrected chi connectivity index (χ4v) is 2.92. The molecule has 3 rings (SSSR count). The number of thioether (sulfide) groups is 1. The van der Waals surface area contributed by atoms with Gasteiger partial charge in [-0.1, -0.05) is 6.07 Å². The molecule has 0 unspecified atom stereocenters. The van der Waals surface area contributed by atoms with E-state index >= 15 is 0 Å². The van der Waals surface area contributed by atoms with Gasteiger partial charge in [0, 0.05) is 11.1 Å².